The maximum absolute atomic E-state index is 12.6. The van der Waals surface area contributed by atoms with E-state index < -0.39 is 18.2 Å². The highest BCUT2D eigenvalue weighted by Gasteiger charge is 2.55. The second-order valence-electron chi connectivity index (χ2n) is 7.71. The maximum atomic E-state index is 12.6. The standard InChI is InChI=1S/C22H22O5/c1-11-9-15(23)17-12(2)10-16(26-22(25)14-7-5-4-6-8-14)19-13(3)21(24)27-20(19)18(11)17/h4-9,13,16,18-20H,10H2,1-3H3/t13-,16-,18+,19-,20+/m1/s1. The zero-order chi connectivity index (χ0) is 19.3. The zero-order valence-corrected chi connectivity index (χ0v) is 15.6. The molecule has 1 aromatic carbocycles. The SMILES string of the molecule is CC1=CC(=O)C2=C(C)C[C@@H](OC(=O)c3ccccc3)[C@@H]3[C@@H](OC(=O)[C@@H]3C)[C@@H]12. The minimum Gasteiger partial charge on any atom is -0.461 e. The van der Waals surface area contributed by atoms with Crippen LogP contribution in [0.15, 0.2) is 53.1 Å². The summed E-state index contributed by atoms with van der Waals surface area (Å²) in [5.41, 5.74) is 2.97. The van der Waals surface area contributed by atoms with Gasteiger partial charge in [0, 0.05) is 23.8 Å². The highest BCUT2D eigenvalue weighted by atomic mass is 16.6. The molecule has 140 valence electrons. The summed E-state index contributed by atoms with van der Waals surface area (Å²) in [7, 11) is 0. The second-order valence-corrected chi connectivity index (χ2v) is 7.71. The lowest BCUT2D eigenvalue weighted by atomic mass is 9.79. The molecule has 1 aliphatic heterocycles. The number of carbonyl (C=O) groups excluding carboxylic acids is 3. The van der Waals surface area contributed by atoms with Crippen LogP contribution in [0.5, 0.6) is 0 Å². The van der Waals surface area contributed by atoms with Crippen LogP contribution in [0.2, 0.25) is 0 Å². The van der Waals surface area contributed by atoms with Crippen molar-refractivity contribution < 1.29 is 23.9 Å². The first-order chi connectivity index (χ1) is 12.9. The molecule has 5 nitrogen and oxygen atoms in total. The van der Waals surface area contributed by atoms with Crippen molar-refractivity contribution in [3.05, 3.63) is 58.7 Å². The summed E-state index contributed by atoms with van der Waals surface area (Å²) >= 11 is 0. The normalized spacial score (nSPS) is 32.4. The molecule has 5 atom stereocenters. The van der Waals surface area contributed by atoms with Gasteiger partial charge in [-0.25, -0.2) is 4.79 Å². The monoisotopic (exact) mass is 366 g/mol. The molecule has 3 aliphatic rings. The summed E-state index contributed by atoms with van der Waals surface area (Å²) in [6, 6.07) is 8.80. The van der Waals surface area contributed by atoms with Gasteiger partial charge in [0.15, 0.2) is 5.78 Å². The third-order valence-electron chi connectivity index (χ3n) is 6.00. The van der Waals surface area contributed by atoms with Crippen LogP contribution in [0.3, 0.4) is 0 Å². The van der Waals surface area contributed by atoms with E-state index in [-0.39, 0.29) is 29.5 Å². The molecule has 1 aromatic rings. The van der Waals surface area contributed by atoms with Gasteiger partial charge in [0.25, 0.3) is 0 Å². The summed E-state index contributed by atoms with van der Waals surface area (Å²) in [4.78, 5) is 37.5. The molecule has 0 N–H and O–H groups in total. The Kier molecular flexibility index (Phi) is 4.25. The number of carbonyl (C=O) groups is 3. The van der Waals surface area contributed by atoms with Crippen molar-refractivity contribution in [3.8, 4) is 0 Å². The lowest BCUT2D eigenvalue weighted by molar-refractivity contribution is -0.144. The number of hydrogen-bond acceptors (Lipinski definition) is 5. The van der Waals surface area contributed by atoms with Crippen LogP contribution in [-0.2, 0) is 19.1 Å². The van der Waals surface area contributed by atoms with Crippen LogP contribution >= 0.6 is 0 Å². The Hall–Kier alpha value is -2.69. The van der Waals surface area contributed by atoms with Crippen molar-refractivity contribution >= 4 is 17.7 Å². The van der Waals surface area contributed by atoms with Gasteiger partial charge in [-0.3, -0.25) is 9.59 Å². The van der Waals surface area contributed by atoms with Gasteiger partial charge in [-0.2, -0.15) is 0 Å². The average Bonchev–Trinajstić information content (AvgIpc) is 3.05. The minimum absolute atomic E-state index is 0.0283. The van der Waals surface area contributed by atoms with Crippen LogP contribution < -0.4 is 0 Å². The number of ketones is 1. The van der Waals surface area contributed by atoms with E-state index in [0.29, 0.717) is 17.6 Å². The van der Waals surface area contributed by atoms with Crippen molar-refractivity contribution in [2.24, 2.45) is 17.8 Å². The topological polar surface area (TPSA) is 69.7 Å². The van der Waals surface area contributed by atoms with Crippen LogP contribution in [-0.4, -0.2) is 29.9 Å². The molecule has 0 radical (unpaired) electrons. The summed E-state index contributed by atoms with van der Waals surface area (Å²) < 4.78 is 11.6. The molecule has 0 unspecified atom stereocenters. The quantitative estimate of drug-likeness (QED) is 0.752. The summed E-state index contributed by atoms with van der Waals surface area (Å²) in [5, 5.41) is 0. The summed E-state index contributed by atoms with van der Waals surface area (Å²) in [6.45, 7) is 5.61. The Bertz CT molecular complexity index is 879. The van der Waals surface area contributed by atoms with Crippen LogP contribution in [0.25, 0.3) is 0 Å². The fraction of sp³-hybridized carbons (Fsp3) is 0.409. The Morgan fingerprint density at radius 1 is 1.15 bits per heavy atom. The number of benzene rings is 1. The molecule has 1 saturated heterocycles. The van der Waals surface area contributed by atoms with Gasteiger partial charge in [-0.05, 0) is 32.1 Å². The highest BCUT2D eigenvalue weighted by molar-refractivity contribution is 6.09. The molecule has 0 aromatic heterocycles. The van der Waals surface area contributed by atoms with Crippen LogP contribution in [0, 0.1) is 17.8 Å². The third-order valence-corrected chi connectivity index (χ3v) is 6.00. The van der Waals surface area contributed by atoms with Crippen molar-refractivity contribution in [1.82, 2.24) is 0 Å². The number of fused-ring (bicyclic) bond motifs is 3. The number of allylic oxidation sites excluding steroid dienone is 1. The van der Waals surface area contributed by atoms with E-state index in [9.17, 15) is 14.4 Å². The van der Waals surface area contributed by atoms with Gasteiger partial charge in [-0.15, -0.1) is 0 Å². The van der Waals surface area contributed by atoms with Crippen molar-refractivity contribution in [3.63, 3.8) is 0 Å². The highest BCUT2D eigenvalue weighted by Crippen LogP contribution is 2.48. The molecular formula is C22H22O5. The maximum Gasteiger partial charge on any atom is 0.338 e. The number of rotatable bonds is 2. The van der Waals surface area contributed by atoms with Crippen LogP contribution in [0.4, 0.5) is 0 Å². The van der Waals surface area contributed by atoms with E-state index in [4.69, 9.17) is 9.47 Å². The van der Waals surface area contributed by atoms with Gasteiger partial charge in [0.2, 0.25) is 0 Å². The van der Waals surface area contributed by atoms with Crippen molar-refractivity contribution in [2.75, 3.05) is 0 Å². The largest absolute Gasteiger partial charge is 0.461 e. The number of esters is 2. The van der Waals surface area contributed by atoms with E-state index in [1.807, 2.05) is 26.8 Å². The van der Waals surface area contributed by atoms with E-state index in [0.717, 1.165) is 11.1 Å². The summed E-state index contributed by atoms with van der Waals surface area (Å²) in [6.07, 6.45) is 1.08. The van der Waals surface area contributed by atoms with E-state index in [1.165, 1.54) is 0 Å². The smallest absolute Gasteiger partial charge is 0.338 e. The van der Waals surface area contributed by atoms with Gasteiger partial charge in [-0.1, -0.05) is 36.3 Å². The van der Waals surface area contributed by atoms with E-state index in [1.54, 1.807) is 30.3 Å². The predicted molar refractivity (Wildman–Crippen MR) is 97.8 cm³/mol. The Balaban J connectivity index is 1.71. The second kappa shape index (κ2) is 6.48. The predicted octanol–water partition coefficient (Wildman–Crippen LogP) is 3.26. The number of hydrogen-bond donors (Lipinski definition) is 0. The minimum atomic E-state index is -0.511. The molecular weight excluding hydrogens is 344 g/mol. The molecule has 2 aliphatic carbocycles. The lowest BCUT2D eigenvalue weighted by Crippen LogP contribution is -2.38. The fourth-order valence-corrected chi connectivity index (χ4v) is 4.69. The van der Waals surface area contributed by atoms with Gasteiger partial charge in [0.1, 0.15) is 12.2 Å². The summed E-state index contributed by atoms with van der Waals surface area (Å²) in [5.74, 6) is -1.65. The van der Waals surface area contributed by atoms with E-state index >= 15 is 0 Å². The third kappa shape index (κ3) is 2.82. The Labute approximate surface area is 158 Å². The van der Waals surface area contributed by atoms with Gasteiger partial charge >= 0.3 is 11.9 Å². The average molecular weight is 366 g/mol. The fourth-order valence-electron chi connectivity index (χ4n) is 4.69. The lowest BCUT2D eigenvalue weighted by Gasteiger charge is -2.29. The first-order valence-electron chi connectivity index (χ1n) is 9.27. The number of ether oxygens (including phenoxy) is 2. The van der Waals surface area contributed by atoms with Crippen LogP contribution in [0.1, 0.15) is 37.6 Å². The molecule has 27 heavy (non-hydrogen) atoms. The van der Waals surface area contributed by atoms with E-state index in [2.05, 4.69) is 0 Å². The Morgan fingerprint density at radius 3 is 2.56 bits per heavy atom. The molecule has 5 heteroatoms. The molecule has 0 saturated carbocycles. The molecule has 1 heterocycles. The molecule has 1 fully saturated rings. The first kappa shape index (κ1) is 17.7. The van der Waals surface area contributed by atoms with Gasteiger partial charge in [0.05, 0.1) is 11.5 Å². The van der Waals surface area contributed by atoms with Crippen molar-refractivity contribution in [1.29, 1.82) is 0 Å². The molecule has 0 amide bonds. The van der Waals surface area contributed by atoms with Gasteiger partial charge < -0.3 is 9.47 Å². The molecule has 0 spiro atoms. The zero-order valence-electron chi connectivity index (χ0n) is 15.6. The molecule has 4 rings (SSSR count). The Morgan fingerprint density at radius 2 is 1.85 bits per heavy atom. The molecule has 0 bridgehead atoms. The first-order valence-corrected chi connectivity index (χ1v) is 9.27. The van der Waals surface area contributed by atoms with Crippen molar-refractivity contribution in [2.45, 2.75) is 39.4 Å².